The van der Waals surface area contributed by atoms with Crippen molar-refractivity contribution in [2.75, 3.05) is 19.6 Å². The van der Waals surface area contributed by atoms with Crippen molar-refractivity contribution in [2.24, 2.45) is 5.73 Å². The summed E-state index contributed by atoms with van der Waals surface area (Å²) in [5, 5.41) is 2.12. The molecule has 2 N–H and O–H groups in total. The van der Waals surface area contributed by atoms with Crippen LogP contribution in [-0.2, 0) is 4.74 Å². The maximum absolute atomic E-state index is 5.98. The second-order valence-electron chi connectivity index (χ2n) is 4.80. The van der Waals surface area contributed by atoms with Crippen LogP contribution < -0.4 is 5.73 Å². The van der Waals surface area contributed by atoms with Crippen molar-refractivity contribution in [1.29, 1.82) is 0 Å². The molecule has 2 aliphatic rings. The van der Waals surface area contributed by atoms with Gasteiger partial charge in [0.2, 0.25) is 0 Å². The van der Waals surface area contributed by atoms with Gasteiger partial charge in [-0.05, 0) is 40.2 Å². The molecule has 0 amide bonds. The maximum atomic E-state index is 5.98. The number of morpholine rings is 1. The third-order valence-corrected chi connectivity index (χ3v) is 5.66. The van der Waals surface area contributed by atoms with E-state index in [1.54, 1.807) is 11.3 Å². The first kappa shape index (κ1) is 12.1. The fraction of sp³-hybridized carbons (Fsp3) is 0.667. The predicted molar refractivity (Wildman–Crippen MR) is 73.3 cm³/mol. The highest BCUT2D eigenvalue weighted by atomic mass is 79.9. The van der Waals surface area contributed by atoms with Gasteiger partial charge in [-0.25, -0.2) is 0 Å². The average molecular weight is 317 g/mol. The largest absolute Gasteiger partial charge is 0.372 e. The highest BCUT2D eigenvalue weighted by Gasteiger charge is 2.37. The zero-order valence-electron chi connectivity index (χ0n) is 9.64. The molecule has 2 bridgehead atoms. The Morgan fingerprint density at radius 3 is 2.71 bits per heavy atom. The highest BCUT2D eigenvalue weighted by Crippen LogP contribution is 2.36. The summed E-state index contributed by atoms with van der Waals surface area (Å²) < 4.78 is 7.07. The zero-order valence-corrected chi connectivity index (χ0v) is 12.0. The highest BCUT2D eigenvalue weighted by molar-refractivity contribution is 9.10. The Morgan fingerprint density at radius 1 is 1.47 bits per heavy atom. The van der Waals surface area contributed by atoms with E-state index >= 15 is 0 Å². The van der Waals surface area contributed by atoms with Crippen molar-refractivity contribution in [3.63, 3.8) is 0 Å². The smallest absolute Gasteiger partial charge is 0.0707 e. The van der Waals surface area contributed by atoms with E-state index in [-0.39, 0.29) is 0 Å². The average Bonchev–Trinajstić information content (AvgIpc) is 2.88. The number of likely N-dealkylation sites (tertiary alicyclic amines) is 1. The molecule has 17 heavy (non-hydrogen) atoms. The van der Waals surface area contributed by atoms with E-state index < -0.39 is 0 Å². The standard InChI is InChI=1S/C12H17BrN2OS/c13-10-3-4-17-12(10)11(5-14)15-6-8-1-2-9(7-15)16-8/h3-4,8-9,11H,1-2,5-7,14H2. The van der Waals surface area contributed by atoms with E-state index in [1.807, 2.05) is 0 Å². The van der Waals surface area contributed by atoms with E-state index in [4.69, 9.17) is 10.5 Å². The summed E-state index contributed by atoms with van der Waals surface area (Å²) in [5.41, 5.74) is 5.98. The summed E-state index contributed by atoms with van der Waals surface area (Å²) in [7, 11) is 0. The van der Waals surface area contributed by atoms with Crippen LogP contribution in [0.15, 0.2) is 15.9 Å². The predicted octanol–water partition coefficient (Wildman–Crippen LogP) is 2.37. The molecule has 2 aliphatic heterocycles. The first-order valence-corrected chi connectivity index (χ1v) is 7.77. The molecule has 0 radical (unpaired) electrons. The van der Waals surface area contributed by atoms with Gasteiger partial charge in [0.05, 0.1) is 18.2 Å². The third-order valence-electron chi connectivity index (χ3n) is 3.68. The van der Waals surface area contributed by atoms with Crippen LogP contribution in [-0.4, -0.2) is 36.7 Å². The summed E-state index contributed by atoms with van der Waals surface area (Å²) in [6, 6.07) is 2.45. The molecule has 2 fully saturated rings. The fourth-order valence-corrected chi connectivity index (χ4v) is 4.65. The van der Waals surface area contributed by atoms with Crippen molar-refractivity contribution < 1.29 is 4.74 Å². The van der Waals surface area contributed by atoms with E-state index in [0.29, 0.717) is 24.8 Å². The lowest BCUT2D eigenvalue weighted by Gasteiger charge is -2.37. The van der Waals surface area contributed by atoms with Gasteiger partial charge in [-0.15, -0.1) is 11.3 Å². The van der Waals surface area contributed by atoms with Crippen molar-refractivity contribution in [3.05, 3.63) is 20.8 Å². The van der Waals surface area contributed by atoms with Crippen LogP contribution >= 0.6 is 27.3 Å². The topological polar surface area (TPSA) is 38.5 Å². The summed E-state index contributed by atoms with van der Waals surface area (Å²) in [5.74, 6) is 0. The van der Waals surface area contributed by atoms with Crippen LogP contribution in [0.1, 0.15) is 23.8 Å². The van der Waals surface area contributed by atoms with Crippen LogP contribution in [0.25, 0.3) is 0 Å². The first-order valence-electron chi connectivity index (χ1n) is 6.10. The fourth-order valence-electron chi connectivity index (χ4n) is 2.87. The van der Waals surface area contributed by atoms with Crippen LogP contribution in [0.4, 0.5) is 0 Å². The Bertz CT molecular complexity index is 386. The lowest BCUT2D eigenvalue weighted by atomic mass is 10.1. The monoisotopic (exact) mass is 316 g/mol. The summed E-state index contributed by atoms with van der Waals surface area (Å²) in [4.78, 5) is 3.86. The van der Waals surface area contributed by atoms with Gasteiger partial charge < -0.3 is 10.5 Å². The molecule has 3 unspecified atom stereocenters. The van der Waals surface area contributed by atoms with E-state index in [9.17, 15) is 0 Å². The molecular formula is C12H17BrN2OS. The first-order chi connectivity index (χ1) is 8.28. The lowest BCUT2D eigenvalue weighted by Crippen LogP contribution is -2.46. The number of ether oxygens (including phenoxy) is 1. The minimum absolute atomic E-state index is 0.344. The molecule has 3 rings (SSSR count). The molecule has 0 saturated carbocycles. The second kappa shape index (κ2) is 4.97. The minimum Gasteiger partial charge on any atom is -0.372 e. The van der Waals surface area contributed by atoms with Gasteiger partial charge in [0.25, 0.3) is 0 Å². The molecule has 94 valence electrons. The van der Waals surface area contributed by atoms with Crippen LogP contribution in [0.2, 0.25) is 0 Å². The number of hydrogen-bond donors (Lipinski definition) is 1. The molecule has 2 saturated heterocycles. The van der Waals surface area contributed by atoms with Gasteiger partial charge in [-0.1, -0.05) is 0 Å². The lowest BCUT2D eigenvalue weighted by molar-refractivity contribution is -0.0517. The normalized spacial score (nSPS) is 30.7. The van der Waals surface area contributed by atoms with Gasteiger partial charge in [0.15, 0.2) is 0 Å². The van der Waals surface area contributed by atoms with Gasteiger partial charge >= 0.3 is 0 Å². The van der Waals surface area contributed by atoms with Gasteiger partial charge in [0, 0.05) is 29.0 Å². The maximum Gasteiger partial charge on any atom is 0.0707 e. The van der Waals surface area contributed by atoms with Gasteiger partial charge in [-0.3, -0.25) is 4.90 Å². The Balaban J connectivity index is 1.79. The van der Waals surface area contributed by atoms with Crippen LogP contribution in [0.3, 0.4) is 0 Å². The van der Waals surface area contributed by atoms with Crippen molar-refractivity contribution >= 4 is 27.3 Å². The minimum atomic E-state index is 0.344. The Hall–Kier alpha value is 0.0600. The number of halogens is 1. The number of nitrogens with zero attached hydrogens (tertiary/aromatic N) is 1. The Morgan fingerprint density at radius 2 is 2.18 bits per heavy atom. The zero-order chi connectivity index (χ0) is 11.8. The molecule has 3 heterocycles. The van der Waals surface area contributed by atoms with Crippen molar-refractivity contribution in [3.8, 4) is 0 Å². The number of fused-ring (bicyclic) bond motifs is 2. The number of hydrogen-bond acceptors (Lipinski definition) is 4. The summed E-state index contributed by atoms with van der Waals surface area (Å²) in [6.45, 7) is 2.74. The van der Waals surface area contributed by atoms with E-state index in [2.05, 4.69) is 32.3 Å². The second-order valence-corrected chi connectivity index (χ2v) is 6.60. The number of rotatable bonds is 3. The molecule has 0 aromatic carbocycles. The molecule has 3 atom stereocenters. The van der Waals surface area contributed by atoms with E-state index in [1.165, 1.54) is 22.2 Å². The van der Waals surface area contributed by atoms with Crippen LogP contribution in [0.5, 0.6) is 0 Å². The van der Waals surface area contributed by atoms with Gasteiger partial charge in [0.1, 0.15) is 0 Å². The van der Waals surface area contributed by atoms with Gasteiger partial charge in [-0.2, -0.15) is 0 Å². The molecule has 1 aromatic heterocycles. The van der Waals surface area contributed by atoms with Crippen molar-refractivity contribution in [2.45, 2.75) is 31.1 Å². The summed E-state index contributed by atoms with van der Waals surface area (Å²) >= 11 is 5.41. The number of nitrogens with two attached hydrogens (primary N) is 1. The Kier molecular flexibility index (Phi) is 3.54. The molecule has 1 aromatic rings. The molecule has 5 heteroatoms. The van der Waals surface area contributed by atoms with E-state index in [0.717, 1.165) is 13.1 Å². The third kappa shape index (κ3) is 2.31. The molecule has 3 nitrogen and oxygen atoms in total. The summed E-state index contributed by atoms with van der Waals surface area (Å²) in [6.07, 6.45) is 3.29. The Labute approximate surface area is 114 Å². The van der Waals surface area contributed by atoms with Crippen LogP contribution in [0, 0.1) is 0 Å². The molecule has 0 aliphatic carbocycles. The molecular weight excluding hydrogens is 300 g/mol. The van der Waals surface area contributed by atoms with Crippen molar-refractivity contribution in [1.82, 2.24) is 4.90 Å². The molecule has 0 spiro atoms. The number of thiophene rings is 1. The SMILES string of the molecule is NCC(c1sccc1Br)N1CC2CCC(C1)O2. The quantitative estimate of drug-likeness (QED) is 0.930.